The minimum atomic E-state index is -0.532. The van der Waals surface area contributed by atoms with Gasteiger partial charge < -0.3 is 15.5 Å². The van der Waals surface area contributed by atoms with Crippen molar-refractivity contribution < 1.29 is 14.5 Å². The van der Waals surface area contributed by atoms with Crippen molar-refractivity contribution >= 4 is 28.9 Å². The summed E-state index contributed by atoms with van der Waals surface area (Å²) in [7, 11) is 0. The summed E-state index contributed by atoms with van der Waals surface area (Å²) in [4.78, 5) is 39.2. The van der Waals surface area contributed by atoms with E-state index in [1.54, 1.807) is 12.1 Å². The number of nitrogens with one attached hydrogen (secondary N) is 2. The Morgan fingerprint density at radius 1 is 0.892 bits per heavy atom. The summed E-state index contributed by atoms with van der Waals surface area (Å²) in [6, 6.07) is 19.5. The van der Waals surface area contributed by atoms with Gasteiger partial charge in [0.25, 0.3) is 17.5 Å². The quantitative estimate of drug-likeness (QED) is 0.346. The van der Waals surface area contributed by atoms with E-state index in [4.69, 9.17) is 0 Å². The first-order valence-corrected chi connectivity index (χ1v) is 12.8. The molecule has 5 rings (SSSR count). The second-order valence-corrected chi connectivity index (χ2v) is 9.74. The summed E-state index contributed by atoms with van der Waals surface area (Å²) in [5.74, 6) is -0.616. The molecule has 1 saturated carbocycles. The van der Waals surface area contributed by atoms with Gasteiger partial charge in [-0.1, -0.05) is 49.6 Å². The number of hydrogen-bond donors (Lipinski definition) is 2. The third kappa shape index (κ3) is 5.63. The molecule has 2 N–H and O–H groups in total. The van der Waals surface area contributed by atoms with E-state index in [1.807, 2.05) is 12.1 Å². The first-order valence-electron chi connectivity index (χ1n) is 12.8. The van der Waals surface area contributed by atoms with Crippen molar-refractivity contribution in [3.8, 4) is 0 Å². The molecule has 0 saturated heterocycles. The van der Waals surface area contributed by atoms with Crippen LogP contribution in [0.2, 0.25) is 0 Å². The number of carbonyl (C=O) groups excluding carboxylic acids is 2. The standard InChI is InChI=1S/C29H30N4O4/c34-28(21-9-6-12-25(17-21)33(36)37)31-24-13-14-27(32-16-15-20-7-4-5-8-22(20)19-32)26(18-24)29(35)30-23-10-2-1-3-11-23/h4-9,12-14,17-18,23H,1-3,10-11,15-16,19H2,(H,30,35)(H,31,34). The summed E-state index contributed by atoms with van der Waals surface area (Å²) in [5, 5.41) is 17.1. The van der Waals surface area contributed by atoms with Crippen LogP contribution in [0, 0.1) is 10.1 Å². The molecule has 3 aromatic carbocycles. The van der Waals surface area contributed by atoms with Crippen LogP contribution >= 0.6 is 0 Å². The minimum absolute atomic E-state index is 0.146. The van der Waals surface area contributed by atoms with Crippen LogP contribution in [0.1, 0.15) is 63.9 Å². The topological polar surface area (TPSA) is 105 Å². The Hall–Kier alpha value is -4.20. The lowest BCUT2D eigenvalue weighted by molar-refractivity contribution is -0.384. The van der Waals surface area contributed by atoms with Crippen molar-refractivity contribution in [3.05, 3.63) is 99.1 Å². The van der Waals surface area contributed by atoms with E-state index in [0.29, 0.717) is 17.8 Å². The van der Waals surface area contributed by atoms with Crippen molar-refractivity contribution in [2.24, 2.45) is 0 Å². The normalized spacial score (nSPS) is 15.5. The van der Waals surface area contributed by atoms with Crippen LogP contribution in [0.3, 0.4) is 0 Å². The van der Waals surface area contributed by atoms with Crippen molar-refractivity contribution in [1.29, 1.82) is 0 Å². The van der Waals surface area contributed by atoms with Gasteiger partial charge in [0, 0.05) is 48.2 Å². The molecule has 190 valence electrons. The number of hydrogen-bond acceptors (Lipinski definition) is 5. The van der Waals surface area contributed by atoms with E-state index in [9.17, 15) is 19.7 Å². The molecule has 3 aromatic rings. The summed E-state index contributed by atoms with van der Waals surface area (Å²) in [6.45, 7) is 1.50. The average Bonchev–Trinajstić information content (AvgIpc) is 2.93. The van der Waals surface area contributed by atoms with Gasteiger partial charge in [-0.05, 0) is 54.7 Å². The van der Waals surface area contributed by atoms with E-state index < -0.39 is 10.8 Å². The largest absolute Gasteiger partial charge is 0.366 e. The van der Waals surface area contributed by atoms with E-state index >= 15 is 0 Å². The predicted molar refractivity (Wildman–Crippen MR) is 143 cm³/mol. The summed E-state index contributed by atoms with van der Waals surface area (Å²) >= 11 is 0. The number of carbonyl (C=O) groups is 2. The number of nitrogens with zero attached hydrogens (tertiary/aromatic N) is 2. The van der Waals surface area contributed by atoms with Crippen molar-refractivity contribution in [3.63, 3.8) is 0 Å². The fourth-order valence-corrected chi connectivity index (χ4v) is 5.25. The number of fused-ring (bicyclic) bond motifs is 1. The third-order valence-corrected chi connectivity index (χ3v) is 7.23. The Morgan fingerprint density at radius 3 is 2.46 bits per heavy atom. The van der Waals surface area contributed by atoms with Crippen molar-refractivity contribution in [1.82, 2.24) is 5.32 Å². The lowest BCUT2D eigenvalue weighted by Gasteiger charge is -2.32. The minimum Gasteiger partial charge on any atom is -0.366 e. The highest BCUT2D eigenvalue weighted by Gasteiger charge is 2.24. The fourth-order valence-electron chi connectivity index (χ4n) is 5.25. The second kappa shape index (κ2) is 10.8. The van der Waals surface area contributed by atoms with Gasteiger partial charge in [-0.25, -0.2) is 0 Å². The van der Waals surface area contributed by atoms with E-state index in [-0.39, 0.29) is 23.2 Å². The van der Waals surface area contributed by atoms with Gasteiger partial charge in [-0.15, -0.1) is 0 Å². The zero-order valence-electron chi connectivity index (χ0n) is 20.6. The highest BCUT2D eigenvalue weighted by Crippen LogP contribution is 2.30. The van der Waals surface area contributed by atoms with Gasteiger partial charge in [0.1, 0.15) is 0 Å². The van der Waals surface area contributed by atoms with Crippen LogP contribution < -0.4 is 15.5 Å². The van der Waals surface area contributed by atoms with Gasteiger partial charge in [-0.3, -0.25) is 19.7 Å². The van der Waals surface area contributed by atoms with Gasteiger partial charge in [0.15, 0.2) is 0 Å². The van der Waals surface area contributed by atoms with Gasteiger partial charge in [0.2, 0.25) is 0 Å². The molecule has 0 atom stereocenters. The molecule has 2 aliphatic rings. The van der Waals surface area contributed by atoms with Crippen LogP contribution in [0.5, 0.6) is 0 Å². The number of anilines is 2. The Kier molecular flexibility index (Phi) is 7.16. The molecule has 0 bridgehead atoms. The maximum Gasteiger partial charge on any atom is 0.270 e. The first-order chi connectivity index (χ1) is 18.0. The SMILES string of the molecule is O=C(Nc1ccc(N2CCc3ccccc3C2)c(C(=O)NC2CCCCC2)c1)c1cccc([N+](=O)[O-])c1. The van der Waals surface area contributed by atoms with Crippen LogP contribution in [0.15, 0.2) is 66.7 Å². The third-order valence-electron chi connectivity index (χ3n) is 7.23. The molecule has 2 amide bonds. The molecule has 1 aliphatic heterocycles. The zero-order valence-corrected chi connectivity index (χ0v) is 20.6. The van der Waals surface area contributed by atoms with E-state index in [0.717, 1.165) is 44.3 Å². The maximum absolute atomic E-state index is 13.5. The van der Waals surface area contributed by atoms with Gasteiger partial charge in [0.05, 0.1) is 10.5 Å². The number of nitro benzene ring substituents is 1. The molecular formula is C29H30N4O4. The molecule has 0 radical (unpaired) electrons. The first kappa shape index (κ1) is 24.5. The van der Waals surface area contributed by atoms with E-state index in [2.05, 4.69) is 33.7 Å². The number of rotatable bonds is 6. The van der Waals surface area contributed by atoms with Crippen LogP contribution in [0.4, 0.5) is 17.1 Å². The second-order valence-electron chi connectivity index (χ2n) is 9.74. The number of non-ortho nitro benzene ring substituents is 1. The summed E-state index contributed by atoms with van der Waals surface area (Å²) in [6.07, 6.45) is 6.26. The van der Waals surface area contributed by atoms with Gasteiger partial charge in [-0.2, -0.15) is 0 Å². The van der Waals surface area contributed by atoms with Crippen LogP contribution in [-0.2, 0) is 13.0 Å². The Balaban J connectivity index is 1.42. The summed E-state index contributed by atoms with van der Waals surface area (Å²) in [5.41, 5.74) is 4.41. The zero-order chi connectivity index (χ0) is 25.8. The number of amides is 2. The van der Waals surface area contributed by atoms with Crippen molar-refractivity contribution in [2.75, 3.05) is 16.8 Å². The van der Waals surface area contributed by atoms with Crippen molar-refractivity contribution in [2.45, 2.75) is 51.1 Å². The molecule has 1 heterocycles. The molecule has 0 aromatic heterocycles. The molecular weight excluding hydrogens is 468 g/mol. The van der Waals surface area contributed by atoms with Crippen LogP contribution in [-0.4, -0.2) is 29.3 Å². The van der Waals surface area contributed by atoms with Gasteiger partial charge >= 0.3 is 0 Å². The summed E-state index contributed by atoms with van der Waals surface area (Å²) < 4.78 is 0. The molecule has 0 unspecified atom stereocenters. The lowest BCUT2D eigenvalue weighted by atomic mass is 9.95. The van der Waals surface area contributed by atoms with Crippen LogP contribution in [0.25, 0.3) is 0 Å². The molecule has 1 aliphatic carbocycles. The molecule has 8 heteroatoms. The molecule has 8 nitrogen and oxygen atoms in total. The monoisotopic (exact) mass is 498 g/mol. The smallest absolute Gasteiger partial charge is 0.270 e. The Bertz CT molecular complexity index is 1330. The molecule has 0 spiro atoms. The maximum atomic E-state index is 13.5. The number of nitro groups is 1. The Morgan fingerprint density at radius 2 is 1.68 bits per heavy atom. The highest BCUT2D eigenvalue weighted by atomic mass is 16.6. The number of benzene rings is 3. The Labute approximate surface area is 215 Å². The average molecular weight is 499 g/mol. The molecule has 1 fully saturated rings. The highest BCUT2D eigenvalue weighted by molar-refractivity contribution is 6.06. The van der Waals surface area contributed by atoms with E-state index in [1.165, 1.54) is 41.8 Å². The lowest BCUT2D eigenvalue weighted by Crippen LogP contribution is -2.38. The predicted octanol–water partition coefficient (Wildman–Crippen LogP) is 5.47. The fraction of sp³-hybridized carbons (Fsp3) is 0.310. The molecule has 37 heavy (non-hydrogen) atoms.